The van der Waals surface area contributed by atoms with Crippen molar-refractivity contribution in [2.24, 2.45) is 0 Å². The van der Waals surface area contributed by atoms with Crippen LogP contribution < -0.4 is 15.1 Å². The molecule has 1 heterocycles. The Morgan fingerprint density at radius 3 is 1.97 bits per heavy atom. The van der Waals surface area contributed by atoms with E-state index in [2.05, 4.69) is 71.7 Å². The fraction of sp³-hybridized carbons (Fsp3) is 0.160. The lowest BCUT2D eigenvalue weighted by Crippen LogP contribution is -2.56. The minimum Gasteiger partial charge on any atom is -0.391 e. The molecule has 3 aromatic rings. The van der Waals surface area contributed by atoms with Crippen LogP contribution in [0.5, 0.6) is 0 Å². The van der Waals surface area contributed by atoms with Gasteiger partial charge in [-0.05, 0) is 55.7 Å². The maximum atomic E-state index is 9.76. The first-order chi connectivity index (χ1) is 14.3. The molecule has 140 valence electrons. The molecule has 4 heteroatoms. The fourth-order valence-corrected chi connectivity index (χ4v) is 4.01. The number of hydrogen-bond donors (Lipinski definition) is 0. The lowest BCUT2D eigenvalue weighted by molar-refractivity contribution is 1.06. The van der Waals surface area contributed by atoms with Crippen LogP contribution in [0.1, 0.15) is 30.5 Å². The SMILES string of the molecule is CCN1B(c2ccc(C#Cc3ccccc3)c(C#N)c2)N(CC)c2ccccc21. The maximum Gasteiger partial charge on any atom is 0.411 e. The van der Waals surface area contributed by atoms with Crippen LogP contribution in [0.15, 0.2) is 72.8 Å². The highest BCUT2D eigenvalue weighted by molar-refractivity contribution is 6.82. The Bertz CT molecular complexity index is 1090. The number of nitriles is 1. The summed E-state index contributed by atoms with van der Waals surface area (Å²) < 4.78 is 0. The molecule has 0 amide bonds. The summed E-state index contributed by atoms with van der Waals surface area (Å²) in [5.41, 5.74) is 5.94. The van der Waals surface area contributed by atoms with Gasteiger partial charge < -0.3 is 9.62 Å². The van der Waals surface area contributed by atoms with Crippen LogP contribution in [-0.4, -0.2) is 20.1 Å². The zero-order valence-electron chi connectivity index (χ0n) is 16.8. The third kappa shape index (κ3) is 3.46. The summed E-state index contributed by atoms with van der Waals surface area (Å²) in [6, 6.07) is 26.8. The predicted molar refractivity (Wildman–Crippen MR) is 121 cm³/mol. The van der Waals surface area contributed by atoms with Gasteiger partial charge in [-0.2, -0.15) is 5.26 Å². The topological polar surface area (TPSA) is 30.3 Å². The highest BCUT2D eigenvalue weighted by atomic mass is 15.3. The second-order valence-corrected chi connectivity index (χ2v) is 6.97. The van der Waals surface area contributed by atoms with Crippen LogP contribution in [0.2, 0.25) is 0 Å². The minimum atomic E-state index is 0.0885. The molecular formula is C25H22BN3. The third-order valence-corrected chi connectivity index (χ3v) is 5.35. The van der Waals surface area contributed by atoms with Gasteiger partial charge in [0.1, 0.15) is 6.07 Å². The van der Waals surface area contributed by atoms with Crippen LogP contribution in [0.25, 0.3) is 0 Å². The Kier molecular flexibility index (Phi) is 5.28. The highest BCUT2D eigenvalue weighted by Crippen LogP contribution is 2.37. The third-order valence-electron chi connectivity index (χ3n) is 5.35. The summed E-state index contributed by atoms with van der Waals surface area (Å²) in [5.74, 6) is 6.32. The molecule has 3 nitrogen and oxygen atoms in total. The molecule has 1 aliphatic heterocycles. The number of para-hydroxylation sites is 2. The van der Waals surface area contributed by atoms with Crippen LogP contribution in [-0.2, 0) is 0 Å². The average Bonchev–Trinajstić information content (AvgIpc) is 3.11. The lowest BCUT2D eigenvalue weighted by atomic mass is 9.64. The van der Waals surface area contributed by atoms with Crippen molar-refractivity contribution < 1.29 is 0 Å². The number of hydrogen-bond acceptors (Lipinski definition) is 3. The number of nitrogens with zero attached hydrogens (tertiary/aromatic N) is 3. The van der Waals surface area contributed by atoms with Gasteiger partial charge in [0.05, 0.1) is 5.56 Å². The van der Waals surface area contributed by atoms with E-state index in [4.69, 9.17) is 0 Å². The quantitative estimate of drug-likeness (QED) is 0.512. The smallest absolute Gasteiger partial charge is 0.391 e. The van der Waals surface area contributed by atoms with Gasteiger partial charge in [-0.15, -0.1) is 0 Å². The van der Waals surface area contributed by atoms with Gasteiger partial charge in [0, 0.05) is 35.6 Å². The molecule has 0 saturated carbocycles. The Labute approximate surface area is 173 Å². The van der Waals surface area contributed by atoms with Crippen molar-refractivity contribution in [1.29, 1.82) is 5.26 Å². The van der Waals surface area contributed by atoms with E-state index in [-0.39, 0.29) is 6.98 Å². The van der Waals surface area contributed by atoms with Crippen molar-refractivity contribution in [3.8, 4) is 17.9 Å². The molecule has 0 radical (unpaired) electrons. The lowest BCUT2D eigenvalue weighted by Gasteiger charge is -2.28. The fourth-order valence-electron chi connectivity index (χ4n) is 4.01. The van der Waals surface area contributed by atoms with E-state index >= 15 is 0 Å². The van der Waals surface area contributed by atoms with E-state index in [1.807, 2.05) is 42.5 Å². The second kappa shape index (κ2) is 8.17. The summed E-state index contributed by atoms with van der Waals surface area (Å²) in [6.45, 7) is 6.23. The average molecular weight is 375 g/mol. The Morgan fingerprint density at radius 1 is 0.759 bits per heavy atom. The van der Waals surface area contributed by atoms with Crippen molar-refractivity contribution in [1.82, 2.24) is 0 Å². The molecule has 0 spiro atoms. The van der Waals surface area contributed by atoms with Crippen LogP contribution in [0.3, 0.4) is 0 Å². The Balaban J connectivity index is 1.73. The van der Waals surface area contributed by atoms with Crippen molar-refractivity contribution in [3.63, 3.8) is 0 Å². The highest BCUT2D eigenvalue weighted by Gasteiger charge is 2.40. The number of anilines is 2. The van der Waals surface area contributed by atoms with Crippen molar-refractivity contribution in [3.05, 3.63) is 89.5 Å². The minimum absolute atomic E-state index is 0.0885. The standard InChI is InChI=1S/C25H22BN3/c1-3-28-24-12-8-9-13-25(24)29(4-2)26(28)23-17-16-21(22(18-23)19-27)15-14-20-10-6-5-7-11-20/h5-13,16-18H,3-4H2,1-2H3. The molecule has 0 fully saturated rings. The molecule has 0 aromatic heterocycles. The van der Waals surface area contributed by atoms with Gasteiger partial charge >= 0.3 is 6.98 Å². The van der Waals surface area contributed by atoms with Gasteiger partial charge in [0.25, 0.3) is 0 Å². The molecule has 0 atom stereocenters. The first-order valence-electron chi connectivity index (χ1n) is 10.00. The van der Waals surface area contributed by atoms with Crippen LogP contribution in [0.4, 0.5) is 11.4 Å². The van der Waals surface area contributed by atoms with Crippen molar-refractivity contribution in [2.75, 3.05) is 22.7 Å². The largest absolute Gasteiger partial charge is 0.411 e. The van der Waals surface area contributed by atoms with E-state index < -0.39 is 0 Å². The Hall–Kier alpha value is -3.63. The number of fused-ring (bicyclic) bond motifs is 1. The van der Waals surface area contributed by atoms with Crippen molar-refractivity contribution >= 4 is 23.8 Å². The molecule has 0 bridgehead atoms. The summed E-state index contributed by atoms with van der Waals surface area (Å²) >= 11 is 0. The first-order valence-corrected chi connectivity index (χ1v) is 10.00. The summed E-state index contributed by atoms with van der Waals surface area (Å²) in [6.07, 6.45) is 0. The summed E-state index contributed by atoms with van der Waals surface area (Å²) in [7, 11) is 0. The molecule has 4 rings (SSSR count). The molecule has 0 aliphatic carbocycles. The molecule has 0 saturated heterocycles. The van der Waals surface area contributed by atoms with Gasteiger partial charge in [0.2, 0.25) is 0 Å². The van der Waals surface area contributed by atoms with E-state index in [9.17, 15) is 5.26 Å². The molecule has 3 aromatic carbocycles. The molecule has 1 aliphatic rings. The van der Waals surface area contributed by atoms with E-state index in [0.717, 1.165) is 29.7 Å². The summed E-state index contributed by atoms with van der Waals surface area (Å²) in [4.78, 5) is 4.79. The molecule has 0 N–H and O–H groups in total. The zero-order chi connectivity index (χ0) is 20.2. The molecular weight excluding hydrogens is 353 g/mol. The molecule has 0 unspecified atom stereocenters. The predicted octanol–water partition coefficient (Wildman–Crippen LogP) is 4.02. The number of benzene rings is 3. The maximum absolute atomic E-state index is 9.76. The van der Waals surface area contributed by atoms with E-state index in [1.54, 1.807) is 0 Å². The van der Waals surface area contributed by atoms with Crippen molar-refractivity contribution in [2.45, 2.75) is 13.8 Å². The first kappa shape index (κ1) is 18.7. The van der Waals surface area contributed by atoms with Gasteiger partial charge in [0.15, 0.2) is 0 Å². The number of rotatable bonds is 3. The normalized spacial score (nSPS) is 12.2. The summed E-state index contributed by atoms with van der Waals surface area (Å²) in [5, 5.41) is 9.76. The van der Waals surface area contributed by atoms with E-state index in [0.29, 0.717) is 5.56 Å². The zero-order valence-corrected chi connectivity index (χ0v) is 16.8. The second-order valence-electron chi connectivity index (χ2n) is 6.97. The molecule has 29 heavy (non-hydrogen) atoms. The van der Waals surface area contributed by atoms with Crippen LogP contribution >= 0.6 is 0 Å². The van der Waals surface area contributed by atoms with Gasteiger partial charge in [-0.3, -0.25) is 0 Å². The monoisotopic (exact) mass is 375 g/mol. The Morgan fingerprint density at radius 2 is 1.38 bits per heavy atom. The van der Waals surface area contributed by atoms with Gasteiger partial charge in [-0.25, -0.2) is 0 Å². The van der Waals surface area contributed by atoms with E-state index in [1.165, 1.54) is 11.4 Å². The van der Waals surface area contributed by atoms with Gasteiger partial charge in [-0.1, -0.05) is 48.2 Å². The van der Waals surface area contributed by atoms with Crippen LogP contribution in [0, 0.1) is 23.2 Å².